The van der Waals surface area contributed by atoms with Crippen molar-refractivity contribution in [3.8, 4) is 0 Å². The van der Waals surface area contributed by atoms with Crippen LogP contribution in [0.25, 0.3) is 0 Å². The van der Waals surface area contributed by atoms with E-state index in [0.29, 0.717) is 5.69 Å². The largest absolute Gasteiger partial charge is 0.383 e. The first-order valence-electron chi connectivity index (χ1n) is 8.83. The number of fused-ring (bicyclic) bond motifs is 4. The van der Waals surface area contributed by atoms with Gasteiger partial charge in [0.05, 0.1) is 25.0 Å². The average Bonchev–Trinajstić information content (AvgIpc) is 3.19. The maximum atomic E-state index is 14.0. The van der Waals surface area contributed by atoms with Crippen LogP contribution in [0.5, 0.6) is 0 Å². The van der Waals surface area contributed by atoms with Crippen molar-refractivity contribution in [3.05, 3.63) is 29.6 Å². The van der Waals surface area contributed by atoms with Gasteiger partial charge in [-0.05, 0) is 18.2 Å². The van der Waals surface area contributed by atoms with Crippen molar-refractivity contribution in [1.82, 2.24) is 10.2 Å². The van der Waals surface area contributed by atoms with Gasteiger partial charge in [-0.1, -0.05) is 0 Å². The number of nitrogens with one attached hydrogen (secondary N) is 2. The highest BCUT2D eigenvalue weighted by molar-refractivity contribution is 6.15. The molecular weight excluding hydrogens is 371 g/mol. The molecule has 3 aliphatic heterocycles. The third-order valence-corrected chi connectivity index (χ3v) is 5.71. The highest BCUT2D eigenvalue weighted by Crippen LogP contribution is 2.53. The monoisotopic (exact) mass is 390 g/mol. The number of hydrogen-bond acceptors (Lipinski definition) is 6. The molecule has 3 aliphatic rings. The van der Waals surface area contributed by atoms with E-state index in [9.17, 15) is 23.6 Å². The maximum Gasteiger partial charge on any atom is 0.250 e. The Balaban J connectivity index is 1.85. The summed E-state index contributed by atoms with van der Waals surface area (Å²) in [6, 6.07) is 2.93. The number of likely N-dealkylation sites (tertiary alicyclic amines) is 1. The van der Waals surface area contributed by atoms with E-state index in [2.05, 4.69) is 10.6 Å². The van der Waals surface area contributed by atoms with E-state index in [1.807, 2.05) is 0 Å². The molecule has 4 N–H and O–H groups in total. The second kappa shape index (κ2) is 6.35. The van der Waals surface area contributed by atoms with E-state index in [1.54, 1.807) is 0 Å². The number of hydrogen-bond donors (Lipinski definition) is 3. The normalized spacial score (nSPS) is 30.7. The van der Waals surface area contributed by atoms with Gasteiger partial charge >= 0.3 is 0 Å². The Morgan fingerprint density at radius 2 is 2.07 bits per heavy atom. The van der Waals surface area contributed by atoms with Gasteiger partial charge in [-0.2, -0.15) is 0 Å². The summed E-state index contributed by atoms with van der Waals surface area (Å²) in [4.78, 5) is 51.7. The highest BCUT2D eigenvalue weighted by Gasteiger charge is 2.70. The van der Waals surface area contributed by atoms with E-state index in [1.165, 1.54) is 25.3 Å². The molecule has 0 unspecified atom stereocenters. The van der Waals surface area contributed by atoms with E-state index in [0.717, 1.165) is 4.90 Å². The number of imide groups is 1. The lowest BCUT2D eigenvalue weighted by Gasteiger charge is -2.29. The molecule has 2 saturated heterocycles. The molecule has 10 heteroatoms. The summed E-state index contributed by atoms with van der Waals surface area (Å²) < 4.78 is 18.9. The minimum atomic E-state index is -1.64. The molecule has 4 amide bonds. The molecule has 148 valence electrons. The number of nitrogens with zero attached hydrogens (tertiary/aromatic N) is 1. The van der Waals surface area contributed by atoms with Gasteiger partial charge in [0.15, 0.2) is 0 Å². The smallest absolute Gasteiger partial charge is 0.250 e. The molecule has 9 nitrogen and oxygen atoms in total. The van der Waals surface area contributed by atoms with Crippen molar-refractivity contribution >= 4 is 29.3 Å². The zero-order chi connectivity index (χ0) is 20.2. The number of ether oxygens (including phenoxy) is 1. The molecule has 0 aromatic heterocycles. The van der Waals surface area contributed by atoms with Crippen LogP contribution in [0.2, 0.25) is 0 Å². The van der Waals surface area contributed by atoms with Gasteiger partial charge < -0.3 is 15.8 Å². The van der Waals surface area contributed by atoms with E-state index < -0.39 is 52.9 Å². The predicted octanol–water partition coefficient (Wildman–Crippen LogP) is -0.932. The Morgan fingerprint density at radius 3 is 2.75 bits per heavy atom. The number of amides is 4. The van der Waals surface area contributed by atoms with Crippen LogP contribution in [0.15, 0.2) is 18.2 Å². The van der Waals surface area contributed by atoms with Crippen LogP contribution in [-0.2, 0) is 29.5 Å². The third-order valence-electron chi connectivity index (χ3n) is 5.71. The number of carbonyl (C=O) groups is 4. The SMILES string of the molecule is COCCN1C(=O)[C@H]2[C@@H](C1=O)[C@@]1(N[C@@H]2CC(N)=O)C(=O)Nc2ccc(F)cc21. The van der Waals surface area contributed by atoms with Gasteiger partial charge in [-0.25, -0.2) is 4.39 Å². The molecule has 0 bridgehead atoms. The van der Waals surface area contributed by atoms with Gasteiger partial charge in [-0.15, -0.1) is 0 Å². The first-order chi connectivity index (χ1) is 13.3. The predicted molar refractivity (Wildman–Crippen MR) is 93.0 cm³/mol. The number of methoxy groups -OCH3 is 1. The summed E-state index contributed by atoms with van der Waals surface area (Å²) in [5, 5.41) is 5.64. The number of primary amides is 1. The van der Waals surface area contributed by atoms with Crippen molar-refractivity contribution < 1.29 is 28.3 Å². The molecule has 1 aromatic carbocycles. The van der Waals surface area contributed by atoms with Crippen LogP contribution >= 0.6 is 0 Å². The minimum Gasteiger partial charge on any atom is -0.383 e. The molecular formula is C18H19FN4O5. The highest BCUT2D eigenvalue weighted by atomic mass is 19.1. The number of rotatable bonds is 5. The second-order valence-corrected chi connectivity index (χ2v) is 7.20. The second-order valence-electron chi connectivity index (χ2n) is 7.20. The number of halogens is 1. The molecule has 4 atom stereocenters. The maximum absolute atomic E-state index is 14.0. The number of carbonyl (C=O) groups excluding carboxylic acids is 4. The fraction of sp³-hybridized carbons (Fsp3) is 0.444. The van der Waals surface area contributed by atoms with E-state index in [4.69, 9.17) is 10.5 Å². The van der Waals surface area contributed by atoms with Crippen molar-refractivity contribution in [1.29, 1.82) is 0 Å². The Labute approximate surface area is 159 Å². The van der Waals surface area contributed by atoms with Crippen molar-refractivity contribution in [2.24, 2.45) is 17.6 Å². The Hall–Kier alpha value is -2.85. The lowest BCUT2D eigenvalue weighted by Crippen LogP contribution is -2.53. The summed E-state index contributed by atoms with van der Waals surface area (Å²) in [7, 11) is 1.44. The lowest BCUT2D eigenvalue weighted by atomic mass is 9.76. The summed E-state index contributed by atoms with van der Waals surface area (Å²) in [6.07, 6.45) is -0.238. The molecule has 1 spiro atoms. The summed E-state index contributed by atoms with van der Waals surface area (Å²) in [6.45, 7) is 0.160. The molecule has 4 rings (SSSR count). The number of benzene rings is 1. The minimum absolute atomic E-state index is 0.0260. The van der Waals surface area contributed by atoms with Gasteiger partial charge in [-0.3, -0.25) is 29.4 Å². The number of nitrogens with two attached hydrogens (primary N) is 1. The Kier molecular flexibility index (Phi) is 4.20. The Morgan fingerprint density at radius 1 is 1.32 bits per heavy atom. The van der Waals surface area contributed by atoms with Crippen LogP contribution in [0, 0.1) is 17.7 Å². The van der Waals surface area contributed by atoms with Gasteiger partial charge in [0.2, 0.25) is 23.6 Å². The first kappa shape index (κ1) is 18.5. The molecule has 28 heavy (non-hydrogen) atoms. The molecule has 0 saturated carbocycles. The topological polar surface area (TPSA) is 131 Å². The average molecular weight is 390 g/mol. The molecule has 0 aliphatic carbocycles. The van der Waals surface area contributed by atoms with Crippen molar-refractivity contribution in [2.75, 3.05) is 25.6 Å². The van der Waals surface area contributed by atoms with Gasteiger partial charge in [0.1, 0.15) is 11.4 Å². The fourth-order valence-corrected chi connectivity index (χ4v) is 4.63. The van der Waals surface area contributed by atoms with Crippen LogP contribution in [-0.4, -0.2) is 54.8 Å². The molecule has 2 fully saturated rings. The summed E-state index contributed by atoms with van der Waals surface area (Å²) >= 11 is 0. The standard InChI is InChI=1S/C18H19FN4O5/c1-28-5-4-23-15(25)13-11(7-12(20)24)22-18(14(13)16(23)26)9-6-8(19)2-3-10(9)21-17(18)27/h2-3,6,11,13-14,22H,4-5,7H2,1H3,(H2,20,24)(H,21,27)/t11-,13-,14+,18-/m1/s1. The molecule has 3 heterocycles. The van der Waals surface area contributed by atoms with Crippen LogP contribution in [0.4, 0.5) is 10.1 Å². The molecule has 1 aromatic rings. The fourth-order valence-electron chi connectivity index (χ4n) is 4.63. The van der Waals surface area contributed by atoms with Crippen LogP contribution < -0.4 is 16.4 Å². The Bertz CT molecular complexity index is 906. The zero-order valence-corrected chi connectivity index (χ0v) is 15.0. The van der Waals surface area contributed by atoms with E-state index in [-0.39, 0.29) is 25.1 Å². The van der Waals surface area contributed by atoms with Crippen LogP contribution in [0.3, 0.4) is 0 Å². The van der Waals surface area contributed by atoms with Crippen molar-refractivity contribution in [2.45, 2.75) is 18.0 Å². The summed E-state index contributed by atoms with van der Waals surface area (Å²) in [5.41, 5.74) is 4.28. The third kappa shape index (κ3) is 2.38. The van der Waals surface area contributed by atoms with E-state index >= 15 is 0 Å². The van der Waals surface area contributed by atoms with Gasteiger partial charge in [0.25, 0.3) is 0 Å². The lowest BCUT2D eigenvalue weighted by molar-refractivity contribution is -0.143. The zero-order valence-electron chi connectivity index (χ0n) is 15.0. The number of anilines is 1. The van der Waals surface area contributed by atoms with Crippen molar-refractivity contribution in [3.63, 3.8) is 0 Å². The van der Waals surface area contributed by atoms with Crippen LogP contribution in [0.1, 0.15) is 12.0 Å². The summed E-state index contributed by atoms with van der Waals surface area (Å²) in [5.74, 6) is -4.95. The quantitative estimate of drug-likeness (QED) is 0.557. The molecule has 0 radical (unpaired) electrons. The first-order valence-corrected chi connectivity index (χ1v) is 8.83. The van der Waals surface area contributed by atoms with Gasteiger partial charge in [0, 0.05) is 30.8 Å².